The van der Waals surface area contributed by atoms with Crippen LogP contribution in [0, 0.1) is 0 Å². The van der Waals surface area contributed by atoms with Gasteiger partial charge in [-0.25, -0.2) is 4.98 Å². The van der Waals surface area contributed by atoms with Crippen LogP contribution in [0.2, 0.25) is 0 Å². The van der Waals surface area contributed by atoms with Crippen LogP contribution in [0.15, 0.2) is 60.8 Å². The Morgan fingerprint density at radius 3 is 2.55 bits per heavy atom. The second kappa shape index (κ2) is 8.89. The highest BCUT2D eigenvalue weighted by molar-refractivity contribution is 7.15. The molecule has 2 heterocycles. The Morgan fingerprint density at radius 2 is 1.86 bits per heavy atom. The predicted octanol–water partition coefficient (Wildman–Crippen LogP) is 5.19. The summed E-state index contributed by atoms with van der Waals surface area (Å²) < 4.78 is 0. The van der Waals surface area contributed by atoms with Gasteiger partial charge in [-0.1, -0.05) is 42.5 Å². The summed E-state index contributed by atoms with van der Waals surface area (Å²) in [5.74, 6) is 0.627. The van der Waals surface area contributed by atoms with Crippen LogP contribution in [0.3, 0.4) is 0 Å². The third kappa shape index (κ3) is 4.92. The molecule has 5 heteroatoms. The number of hydrogen-bond donors (Lipinski definition) is 1. The monoisotopic (exact) mass is 405 g/mol. The third-order valence-electron chi connectivity index (χ3n) is 5.45. The number of nitrogens with zero attached hydrogens (tertiary/aromatic N) is 2. The molecule has 29 heavy (non-hydrogen) atoms. The molecule has 0 saturated carbocycles. The molecule has 0 bridgehead atoms. The molecule has 0 atom stereocenters. The number of amides is 1. The first-order valence-corrected chi connectivity index (χ1v) is 11.0. The highest BCUT2D eigenvalue weighted by atomic mass is 32.1. The molecule has 1 aliphatic heterocycles. The number of hydrogen-bond acceptors (Lipinski definition) is 4. The summed E-state index contributed by atoms with van der Waals surface area (Å²) in [6.45, 7) is 6.73. The van der Waals surface area contributed by atoms with E-state index in [1.807, 2.05) is 47.9 Å². The Labute approximate surface area is 176 Å². The Balaban J connectivity index is 1.30. The van der Waals surface area contributed by atoms with Crippen molar-refractivity contribution in [1.82, 2.24) is 9.88 Å². The van der Waals surface area contributed by atoms with Crippen molar-refractivity contribution in [2.75, 3.05) is 18.4 Å². The molecule has 150 valence electrons. The van der Waals surface area contributed by atoms with Crippen molar-refractivity contribution in [3.63, 3.8) is 0 Å². The van der Waals surface area contributed by atoms with E-state index >= 15 is 0 Å². The van der Waals surface area contributed by atoms with Crippen molar-refractivity contribution in [3.05, 3.63) is 71.4 Å². The molecule has 1 amide bonds. The number of aromatic nitrogens is 1. The first-order valence-electron chi connectivity index (χ1n) is 10.2. The van der Waals surface area contributed by atoms with Crippen LogP contribution >= 0.6 is 11.3 Å². The summed E-state index contributed by atoms with van der Waals surface area (Å²) in [7, 11) is 0. The van der Waals surface area contributed by atoms with Gasteiger partial charge in [0.15, 0.2) is 0 Å². The van der Waals surface area contributed by atoms with Crippen molar-refractivity contribution in [1.29, 1.82) is 0 Å². The number of carbonyl (C=O) groups excluding carboxylic acids is 1. The van der Waals surface area contributed by atoms with Gasteiger partial charge in [0.25, 0.3) is 0 Å². The van der Waals surface area contributed by atoms with Gasteiger partial charge in [0.05, 0.1) is 9.88 Å². The molecule has 0 aliphatic carbocycles. The van der Waals surface area contributed by atoms with Crippen LogP contribution in [-0.4, -0.2) is 34.9 Å². The van der Waals surface area contributed by atoms with Crippen molar-refractivity contribution in [3.8, 4) is 10.4 Å². The number of nitrogens with one attached hydrogen (secondary N) is 1. The standard InChI is InChI=1S/C24H27N3OS/c1-17(2)27-15-20(16-27)24-25-14-22(29-24)19-11-8-18(9-12-19)10-13-23(28)26-21-6-4-3-5-7-21/h3-9,11-12,14,17,20H,10,13,15-16H2,1-2H3,(H,26,28). The number of likely N-dealkylation sites (tertiary alicyclic amines) is 1. The minimum Gasteiger partial charge on any atom is -0.326 e. The lowest BCUT2D eigenvalue weighted by molar-refractivity contribution is -0.116. The van der Waals surface area contributed by atoms with E-state index in [4.69, 9.17) is 0 Å². The Hall–Kier alpha value is -2.50. The second-order valence-corrected chi connectivity index (χ2v) is 8.98. The van der Waals surface area contributed by atoms with Gasteiger partial charge < -0.3 is 5.32 Å². The van der Waals surface area contributed by atoms with Crippen LogP contribution in [0.25, 0.3) is 10.4 Å². The lowest BCUT2D eigenvalue weighted by atomic mass is 9.99. The molecule has 0 radical (unpaired) electrons. The number of anilines is 1. The SMILES string of the molecule is CC(C)N1CC(c2ncc(-c3ccc(CCC(=O)Nc4ccccc4)cc3)s2)C1. The first kappa shape index (κ1) is 19.8. The fourth-order valence-electron chi connectivity index (χ4n) is 3.54. The molecule has 3 aromatic rings. The largest absolute Gasteiger partial charge is 0.326 e. The van der Waals surface area contributed by atoms with Crippen molar-refractivity contribution in [2.24, 2.45) is 0 Å². The zero-order chi connectivity index (χ0) is 20.2. The van der Waals surface area contributed by atoms with Crippen LogP contribution < -0.4 is 5.32 Å². The highest BCUT2D eigenvalue weighted by Gasteiger charge is 2.31. The van der Waals surface area contributed by atoms with E-state index in [9.17, 15) is 4.79 Å². The van der Waals surface area contributed by atoms with Crippen LogP contribution in [0.1, 0.15) is 36.8 Å². The fraction of sp³-hybridized carbons (Fsp3) is 0.333. The fourth-order valence-corrected chi connectivity index (χ4v) is 4.54. The lowest BCUT2D eigenvalue weighted by Gasteiger charge is -2.41. The highest BCUT2D eigenvalue weighted by Crippen LogP contribution is 2.35. The summed E-state index contributed by atoms with van der Waals surface area (Å²) in [6.07, 6.45) is 3.22. The van der Waals surface area contributed by atoms with Gasteiger partial charge in [0.1, 0.15) is 0 Å². The van der Waals surface area contributed by atoms with Crippen LogP contribution in [-0.2, 0) is 11.2 Å². The van der Waals surface area contributed by atoms with E-state index in [1.165, 1.54) is 21.0 Å². The Kier molecular flexibility index (Phi) is 6.07. The molecule has 2 aromatic carbocycles. The number of carbonyl (C=O) groups is 1. The van der Waals surface area contributed by atoms with E-state index in [2.05, 4.69) is 53.3 Å². The van der Waals surface area contributed by atoms with Crippen LogP contribution in [0.4, 0.5) is 5.69 Å². The second-order valence-electron chi connectivity index (χ2n) is 7.92. The van der Waals surface area contributed by atoms with E-state index in [1.54, 1.807) is 0 Å². The molecule has 1 aliphatic rings. The van der Waals surface area contributed by atoms with Gasteiger partial charge in [-0.2, -0.15) is 0 Å². The van der Waals surface area contributed by atoms with E-state index in [-0.39, 0.29) is 5.91 Å². The van der Waals surface area contributed by atoms with Crippen molar-refractivity contribution < 1.29 is 4.79 Å². The molecule has 0 unspecified atom stereocenters. The molecular formula is C24H27N3OS. The zero-order valence-electron chi connectivity index (χ0n) is 17.0. The average molecular weight is 406 g/mol. The van der Waals surface area contributed by atoms with Gasteiger partial charge in [0, 0.05) is 43.4 Å². The smallest absolute Gasteiger partial charge is 0.224 e. The lowest BCUT2D eigenvalue weighted by Crippen LogP contribution is -2.48. The molecule has 4 rings (SSSR count). The number of thiazole rings is 1. The molecule has 1 saturated heterocycles. The maximum absolute atomic E-state index is 12.1. The van der Waals surface area contributed by atoms with E-state index in [0.717, 1.165) is 25.2 Å². The number of aryl methyl sites for hydroxylation is 1. The molecule has 1 aromatic heterocycles. The predicted molar refractivity (Wildman–Crippen MR) is 120 cm³/mol. The molecule has 1 fully saturated rings. The topological polar surface area (TPSA) is 45.2 Å². The number of benzene rings is 2. The van der Waals surface area contributed by atoms with Gasteiger partial charge in [-0.05, 0) is 43.5 Å². The Bertz CT molecular complexity index is 944. The quantitative estimate of drug-likeness (QED) is 0.588. The zero-order valence-corrected chi connectivity index (χ0v) is 17.8. The molecule has 0 spiro atoms. The molecule has 1 N–H and O–H groups in total. The van der Waals surface area contributed by atoms with Crippen LogP contribution in [0.5, 0.6) is 0 Å². The minimum absolute atomic E-state index is 0.0447. The summed E-state index contributed by atoms with van der Waals surface area (Å²) >= 11 is 1.81. The van der Waals surface area contributed by atoms with E-state index in [0.29, 0.717) is 18.4 Å². The molecule has 4 nitrogen and oxygen atoms in total. The molecular weight excluding hydrogens is 378 g/mol. The number of para-hydroxylation sites is 1. The summed E-state index contributed by atoms with van der Waals surface area (Å²) in [5, 5.41) is 4.18. The van der Waals surface area contributed by atoms with E-state index < -0.39 is 0 Å². The summed E-state index contributed by atoms with van der Waals surface area (Å²) in [5.41, 5.74) is 3.22. The summed E-state index contributed by atoms with van der Waals surface area (Å²) in [4.78, 5) is 20.5. The maximum atomic E-state index is 12.1. The maximum Gasteiger partial charge on any atom is 0.224 e. The number of rotatable bonds is 7. The van der Waals surface area contributed by atoms with Crippen molar-refractivity contribution >= 4 is 22.9 Å². The van der Waals surface area contributed by atoms with Gasteiger partial charge in [0.2, 0.25) is 5.91 Å². The third-order valence-corrected chi connectivity index (χ3v) is 6.66. The average Bonchev–Trinajstić information content (AvgIpc) is 3.16. The Morgan fingerprint density at radius 1 is 1.14 bits per heavy atom. The first-order chi connectivity index (χ1) is 14.1. The normalized spacial score (nSPS) is 14.7. The van der Waals surface area contributed by atoms with Gasteiger partial charge >= 0.3 is 0 Å². The minimum atomic E-state index is 0.0447. The van der Waals surface area contributed by atoms with Gasteiger partial charge in [-0.15, -0.1) is 11.3 Å². The van der Waals surface area contributed by atoms with Crippen molar-refractivity contribution in [2.45, 2.75) is 38.6 Å². The van der Waals surface area contributed by atoms with Gasteiger partial charge in [-0.3, -0.25) is 9.69 Å². The summed E-state index contributed by atoms with van der Waals surface area (Å²) in [6, 6.07) is 18.7.